The molecule has 1 amide bonds. The molecule has 1 spiro atoms. The van der Waals surface area contributed by atoms with E-state index in [2.05, 4.69) is 51.4 Å². The summed E-state index contributed by atoms with van der Waals surface area (Å²) in [4.78, 5) is 16.9. The fourth-order valence-corrected chi connectivity index (χ4v) is 4.17. The Morgan fingerprint density at radius 3 is 2.52 bits per heavy atom. The Kier molecular flexibility index (Phi) is 6.95. The van der Waals surface area contributed by atoms with Crippen LogP contribution in [0.15, 0.2) is 36.7 Å². The number of nitrogens with one attached hydrogen (secondary N) is 2. The van der Waals surface area contributed by atoms with E-state index in [1.807, 2.05) is 13.1 Å². The number of imidazole rings is 1. The molecular weight excluding hydrogens is 383 g/mol. The molecule has 148 valence electrons. The van der Waals surface area contributed by atoms with Crippen LogP contribution >= 0.6 is 24.8 Å². The largest absolute Gasteiger partial charge is 0.349 e. The summed E-state index contributed by atoms with van der Waals surface area (Å²) in [6, 6.07) is 8.38. The van der Waals surface area contributed by atoms with Crippen LogP contribution in [0.25, 0.3) is 5.69 Å². The molecule has 1 aliphatic heterocycles. The maximum absolute atomic E-state index is 12.6. The number of hydrogen-bond acceptors (Lipinski definition) is 3. The second-order valence-corrected chi connectivity index (χ2v) is 7.54. The normalized spacial score (nSPS) is 20.9. The van der Waals surface area contributed by atoms with Crippen LogP contribution in [0.4, 0.5) is 0 Å². The molecule has 2 aliphatic rings. The van der Waals surface area contributed by atoms with Crippen LogP contribution in [-0.4, -0.2) is 28.5 Å². The number of aryl methyl sites for hydroxylation is 1. The molecule has 2 heterocycles. The van der Waals surface area contributed by atoms with Gasteiger partial charge in [0, 0.05) is 24.0 Å². The van der Waals surface area contributed by atoms with Crippen LogP contribution in [0.2, 0.25) is 0 Å². The van der Waals surface area contributed by atoms with E-state index in [1.165, 1.54) is 0 Å². The second-order valence-electron chi connectivity index (χ2n) is 7.54. The summed E-state index contributed by atoms with van der Waals surface area (Å²) in [5.41, 5.74) is 2.51. The van der Waals surface area contributed by atoms with Crippen molar-refractivity contribution in [2.45, 2.75) is 39.2 Å². The van der Waals surface area contributed by atoms with Crippen LogP contribution in [0.3, 0.4) is 0 Å². The third-order valence-electron chi connectivity index (χ3n) is 5.96. The lowest BCUT2D eigenvalue weighted by Gasteiger charge is -2.24. The van der Waals surface area contributed by atoms with Gasteiger partial charge in [-0.2, -0.15) is 0 Å². The summed E-state index contributed by atoms with van der Waals surface area (Å²) >= 11 is 0. The fourth-order valence-electron chi connectivity index (χ4n) is 4.17. The highest BCUT2D eigenvalue weighted by Gasteiger charge is 2.57. The van der Waals surface area contributed by atoms with E-state index >= 15 is 0 Å². The molecule has 2 atom stereocenters. The highest BCUT2D eigenvalue weighted by atomic mass is 35.5. The van der Waals surface area contributed by atoms with Crippen molar-refractivity contribution in [2.75, 3.05) is 13.1 Å². The lowest BCUT2D eigenvalue weighted by Crippen LogP contribution is -2.34. The zero-order valence-electron chi connectivity index (χ0n) is 15.8. The van der Waals surface area contributed by atoms with Crippen molar-refractivity contribution in [3.8, 4) is 5.69 Å². The van der Waals surface area contributed by atoms with Crippen molar-refractivity contribution in [1.82, 2.24) is 20.2 Å². The average Bonchev–Trinajstić information content (AvgIpc) is 3.14. The van der Waals surface area contributed by atoms with Gasteiger partial charge in [-0.1, -0.05) is 12.1 Å². The fraction of sp³-hybridized carbons (Fsp3) is 0.500. The monoisotopic (exact) mass is 410 g/mol. The molecule has 1 saturated heterocycles. The summed E-state index contributed by atoms with van der Waals surface area (Å²) in [6.45, 7) is 6.15. The van der Waals surface area contributed by atoms with Gasteiger partial charge in [0.05, 0.1) is 6.04 Å². The van der Waals surface area contributed by atoms with Crippen molar-refractivity contribution in [3.05, 3.63) is 48.0 Å². The van der Waals surface area contributed by atoms with E-state index in [1.54, 1.807) is 6.20 Å². The van der Waals surface area contributed by atoms with Crippen LogP contribution in [0.5, 0.6) is 0 Å². The van der Waals surface area contributed by atoms with Crippen molar-refractivity contribution in [2.24, 2.45) is 11.3 Å². The highest BCUT2D eigenvalue weighted by molar-refractivity contribution is 5.85. The van der Waals surface area contributed by atoms with Gasteiger partial charge >= 0.3 is 0 Å². The lowest BCUT2D eigenvalue weighted by atomic mass is 9.91. The van der Waals surface area contributed by atoms with Crippen LogP contribution in [-0.2, 0) is 4.79 Å². The summed E-state index contributed by atoms with van der Waals surface area (Å²) in [6.07, 6.45) is 7.10. The Balaban J connectivity index is 0.00000131. The predicted molar refractivity (Wildman–Crippen MR) is 112 cm³/mol. The van der Waals surface area contributed by atoms with Crippen LogP contribution < -0.4 is 10.6 Å². The molecular formula is C20H28Cl2N4O. The summed E-state index contributed by atoms with van der Waals surface area (Å²) in [7, 11) is 0. The van der Waals surface area contributed by atoms with Crippen molar-refractivity contribution < 1.29 is 4.79 Å². The minimum Gasteiger partial charge on any atom is -0.349 e. The Bertz CT molecular complexity index is 769. The molecule has 1 aromatic carbocycles. The third-order valence-corrected chi connectivity index (χ3v) is 5.96. The zero-order chi connectivity index (χ0) is 17.4. The number of halogens is 2. The topological polar surface area (TPSA) is 59.0 Å². The minimum atomic E-state index is 0. The zero-order valence-corrected chi connectivity index (χ0v) is 17.4. The van der Waals surface area contributed by atoms with Gasteiger partial charge in [0.25, 0.3) is 0 Å². The molecule has 4 rings (SSSR count). The Hall–Kier alpha value is -1.56. The number of rotatable bonds is 4. The summed E-state index contributed by atoms with van der Waals surface area (Å²) in [5, 5.41) is 6.61. The number of amides is 1. The van der Waals surface area contributed by atoms with Crippen molar-refractivity contribution >= 4 is 30.7 Å². The first kappa shape index (κ1) is 21.7. The van der Waals surface area contributed by atoms with Crippen LogP contribution in [0, 0.1) is 18.3 Å². The van der Waals surface area contributed by atoms with E-state index in [0.717, 1.165) is 49.4 Å². The highest BCUT2D eigenvalue weighted by Crippen LogP contribution is 2.58. The minimum absolute atomic E-state index is 0. The smallest absolute Gasteiger partial charge is 0.224 e. The molecule has 1 aromatic heterocycles. The predicted octanol–water partition coefficient (Wildman–Crippen LogP) is 3.59. The van der Waals surface area contributed by atoms with Crippen molar-refractivity contribution in [1.29, 1.82) is 0 Å². The van der Waals surface area contributed by atoms with E-state index in [-0.39, 0.29) is 48.1 Å². The molecule has 2 aromatic rings. The Labute approximate surface area is 173 Å². The molecule has 1 saturated carbocycles. The van der Waals surface area contributed by atoms with E-state index < -0.39 is 0 Å². The van der Waals surface area contributed by atoms with Crippen LogP contribution in [0.1, 0.15) is 43.6 Å². The third kappa shape index (κ3) is 4.31. The summed E-state index contributed by atoms with van der Waals surface area (Å²) in [5.74, 6) is 1.41. The Morgan fingerprint density at radius 1 is 1.26 bits per heavy atom. The van der Waals surface area contributed by atoms with Gasteiger partial charge in [0.2, 0.25) is 5.91 Å². The van der Waals surface area contributed by atoms with Gasteiger partial charge in [-0.05, 0) is 69.3 Å². The molecule has 0 radical (unpaired) electrons. The maximum atomic E-state index is 12.6. The quantitative estimate of drug-likeness (QED) is 0.809. The maximum Gasteiger partial charge on any atom is 0.224 e. The second kappa shape index (κ2) is 8.63. The molecule has 2 N–H and O–H groups in total. The molecule has 0 bridgehead atoms. The Morgan fingerprint density at radius 2 is 1.93 bits per heavy atom. The number of piperidine rings is 1. The van der Waals surface area contributed by atoms with E-state index in [9.17, 15) is 4.79 Å². The van der Waals surface area contributed by atoms with Gasteiger partial charge in [-0.3, -0.25) is 4.79 Å². The number of aromatic nitrogens is 2. The number of nitrogens with zero attached hydrogens (tertiary/aromatic N) is 2. The van der Waals surface area contributed by atoms with Gasteiger partial charge < -0.3 is 15.2 Å². The van der Waals surface area contributed by atoms with Crippen molar-refractivity contribution in [3.63, 3.8) is 0 Å². The number of carbonyl (C=O) groups excluding carboxylic acids is 1. The molecule has 27 heavy (non-hydrogen) atoms. The molecule has 2 unspecified atom stereocenters. The van der Waals surface area contributed by atoms with Gasteiger partial charge in [0.1, 0.15) is 5.82 Å². The molecule has 1 aliphatic carbocycles. The molecule has 5 nitrogen and oxygen atoms in total. The lowest BCUT2D eigenvalue weighted by molar-refractivity contribution is -0.123. The molecule has 7 heteroatoms. The SMILES string of the molecule is Cc1nccn1-c1ccc(C(C)NC(=O)C2CC23CCNCC3)cc1.Cl.Cl. The average molecular weight is 411 g/mol. The van der Waals surface area contributed by atoms with Gasteiger partial charge in [0.15, 0.2) is 0 Å². The number of benzene rings is 1. The first-order valence-corrected chi connectivity index (χ1v) is 9.20. The number of carbonyl (C=O) groups is 1. The summed E-state index contributed by atoms with van der Waals surface area (Å²) < 4.78 is 2.05. The number of hydrogen-bond donors (Lipinski definition) is 2. The molecule has 2 fully saturated rings. The van der Waals surface area contributed by atoms with E-state index in [0.29, 0.717) is 0 Å². The van der Waals surface area contributed by atoms with E-state index in [4.69, 9.17) is 0 Å². The standard InChI is InChI=1S/C20H26N4O.2ClH/c1-14(23-19(25)18-13-20(18)7-9-21-10-8-20)16-3-5-17(6-4-16)24-12-11-22-15(24)2;;/h3-6,11-12,14,18,21H,7-10,13H2,1-2H3,(H,23,25);2*1H. The van der Waals surface area contributed by atoms with Gasteiger partial charge in [-0.25, -0.2) is 4.98 Å². The van der Waals surface area contributed by atoms with Gasteiger partial charge in [-0.15, -0.1) is 24.8 Å². The first-order chi connectivity index (χ1) is 12.1. The first-order valence-electron chi connectivity index (χ1n) is 9.20.